The van der Waals surface area contributed by atoms with Crippen molar-refractivity contribution in [1.82, 2.24) is 19.8 Å². The molecule has 1 aromatic carbocycles. The molecule has 16 heavy (non-hydrogen) atoms. The highest BCUT2D eigenvalue weighted by Gasteiger charge is 2.11. The van der Waals surface area contributed by atoms with Gasteiger partial charge >= 0.3 is 0 Å². The summed E-state index contributed by atoms with van der Waals surface area (Å²) in [6, 6.07) is 7.37. The zero-order valence-electron chi connectivity index (χ0n) is 7.96. The number of halogens is 1. The van der Waals surface area contributed by atoms with Crippen LogP contribution in [0.2, 0.25) is 5.02 Å². The smallest absolute Gasteiger partial charge is 0.236 e. The van der Waals surface area contributed by atoms with E-state index in [1.54, 1.807) is 10.6 Å². The molecule has 0 fully saturated rings. The molecule has 0 aliphatic heterocycles. The molecular formula is C9H6ClN5S. The molecule has 80 valence electrons. The van der Waals surface area contributed by atoms with Gasteiger partial charge in [0, 0.05) is 10.6 Å². The molecule has 0 spiro atoms. The minimum absolute atomic E-state index is 0.466. The lowest BCUT2D eigenvalue weighted by atomic mass is 10.2. The monoisotopic (exact) mass is 251 g/mol. The largest absolute Gasteiger partial charge is 0.374 e. The first-order valence-corrected chi connectivity index (χ1v) is 5.67. The fourth-order valence-corrected chi connectivity index (χ4v) is 2.23. The van der Waals surface area contributed by atoms with Crippen LogP contribution >= 0.6 is 22.9 Å². The summed E-state index contributed by atoms with van der Waals surface area (Å²) in [5, 5.41) is 13.3. The number of nitrogen functional groups attached to an aromatic ring is 1. The molecular weight excluding hydrogens is 246 g/mol. The lowest BCUT2D eigenvalue weighted by Crippen LogP contribution is -1.92. The van der Waals surface area contributed by atoms with Gasteiger partial charge in [0.1, 0.15) is 0 Å². The summed E-state index contributed by atoms with van der Waals surface area (Å²) in [5.41, 5.74) is 6.47. The molecule has 0 saturated carbocycles. The van der Waals surface area contributed by atoms with E-state index in [1.807, 2.05) is 18.2 Å². The van der Waals surface area contributed by atoms with Crippen molar-refractivity contribution >= 4 is 33.0 Å². The van der Waals surface area contributed by atoms with Crippen LogP contribution in [0, 0.1) is 0 Å². The average molecular weight is 252 g/mol. The van der Waals surface area contributed by atoms with Crippen molar-refractivity contribution in [2.75, 3.05) is 5.73 Å². The molecule has 0 radical (unpaired) electrons. The summed E-state index contributed by atoms with van der Waals surface area (Å²) < 4.78 is 1.62. The van der Waals surface area contributed by atoms with Crippen LogP contribution in [0.15, 0.2) is 24.3 Å². The number of rotatable bonds is 1. The number of aromatic nitrogens is 4. The molecule has 0 aliphatic rings. The van der Waals surface area contributed by atoms with Gasteiger partial charge in [-0.2, -0.15) is 4.52 Å². The highest BCUT2D eigenvalue weighted by molar-refractivity contribution is 7.20. The molecule has 3 rings (SSSR count). The Balaban J connectivity index is 2.25. The van der Waals surface area contributed by atoms with Crippen LogP contribution < -0.4 is 5.73 Å². The third kappa shape index (κ3) is 1.43. The van der Waals surface area contributed by atoms with Crippen LogP contribution in [0.3, 0.4) is 0 Å². The predicted molar refractivity (Wildman–Crippen MR) is 63.5 cm³/mol. The molecule has 2 aromatic heterocycles. The van der Waals surface area contributed by atoms with E-state index in [-0.39, 0.29) is 0 Å². The van der Waals surface area contributed by atoms with Crippen molar-refractivity contribution in [2.45, 2.75) is 0 Å². The highest BCUT2D eigenvalue weighted by atomic mass is 35.5. The summed E-state index contributed by atoms with van der Waals surface area (Å²) in [6.45, 7) is 0. The van der Waals surface area contributed by atoms with Gasteiger partial charge in [0.05, 0.1) is 0 Å². The van der Waals surface area contributed by atoms with E-state index in [0.29, 0.717) is 20.9 Å². The summed E-state index contributed by atoms with van der Waals surface area (Å²) in [6.07, 6.45) is 0. The van der Waals surface area contributed by atoms with E-state index < -0.39 is 0 Å². The molecule has 0 unspecified atom stereocenters. The summed E-state index contributed by atoms with van der Waals surface area (Å²) >= 11 is 7.21. The molecule has 7 heteroatoms. The van der Waals surface area contributed by atoms with Gasteiger partial charge < -0.3 is 5.73 Å². The molecule has 0 atom stereocenters. The van der Waals surface area contributed by atoms with Crippen LogP contribution in [0.1, 0.15) is 0 Å². The van der Waals surface area contributed by atoms with E-state index in [0.717, 1.165) is 5.56 Å². The SMILES string of the molecule is Nc1nn2c(-c3cccc(Cl)c3)nnc2s1. The van der Waals surface area contributed by atoms with E-state index >= 15 is 0 Å². The van der Waals surface area contributed by atoms with Crippen molar-refractivity contribution in [2.24, 2.45) is 0 Å². The van der Waals surface area contributed by atoms with Gasteiger partial charge in [-0.25, -0.2) is 0 Å². The maximum atomic E-state index is 5.92. The van der Waals surface area contributed by atoms with E-state index in [4.69, 9.17) is 17.3 Å². The number of fused-ring (bicyclic) bond motifs is 1. The summed E-state index contributed by atoms with van der Waals surface area (Å²) in [5.74, 6) is 0.644. The number of hydrogen-bond acceptors (Lipinski definition) is 5. The number of benzene rings is 1. The number of hydrogen-bond donors (Lipinski definition) is 1. The summed E-state index contributed by atoms with van der Waals surface area (Å²) in [7, 11) is 0. The lowest BCUT2D eigenvalue weighted by Gasteiger charge is -1.96. The Morgan fingerprint density at radius 3 is 3.00 bits per heavy atom. The molecule has 3 aromatic rings. The third-order valence-electron chi connectivity index (χ3n) is 2.09. The number of nitrogens with zero attached hydrogens (tertiary/aromatic N) is 4. The molecule has 2 heterocycles. The van der Waals surface area contributed by atoms with Crippen LogP contribution in [-0.2, 0) is 0 Å². The second-order valence-corrected chi connectivity index (χ2v) is 4.59. The van der Waals surface area contributed by atoms with Crippen LogP contribution in [0.5, 0.6) is 0 Å². The summed E-state index contributed by atoms with van der Waals surface area (Å²) in [4.78, 5) is 0.674. The maximum Gasteiger partial charge on any atom is 0.236 e. The van der Waals surface area contributed by atoms with Crippen molar-refractivity contribution in [1.29, 1.82) is 0 Å². The Bertz CT molecular complexity index is 659. The topological polar surface area (TPSA) is 69.1 Å². The van der Waals surface area contributed by atoms with E-state index in [2.05, 4.69) is 15.3 Å². The molecule has 5 nitrogen and oxygen atoms in total. The molecule has 0 saturated heterocycles. The zero-order valence-corrected chi connectivity index (χ0v) is 9.53. The second kappa shape index (κ2) is 3.43. The fraction of sp³-hybridized carbons (Fsp3) is 0. The normalized spacial score (nSPS) is 11.1. The van der Waals surface area contributed by atoms with Crippen LogP contribution in [-0.4, -0.2) is 19.8 Å². The van der Waals surface area contributed by atoms with Gasteiger partial charge in [-0.1, -0.05) is 35.1 Å². The van der Waals surface area contributed by atoms with Gasteiger partial charge in [-0.3, -0.25) is 0 Å². The fourth-order valence-electron chi connectivity index (χ4n) is 1.44. The quantitative estimate of drug-likeness (QED) is 0.719. The van der Waals surface area contributed by atoms with Gasteiger partial charge in [0.25, 0.3) is 0 Å². The van der Waals surface area contributed by atoms with Gasteiger partial charge in [0.2, 0.25) is 10.1 Å². The Morgan fingerprint density at radius 2 is 2.19 bits per heavy atom. The van der Waals surface area contributed by atoms with Gasteiger partial charge in [-0.05, 0) is 12.1 Å². The Morgan fingerprint density at radius 1 is 1.31 bits per heavy atom. The third-order valence-corrected chi connectivity index (χ3v) is 3.05. The second-order valence-electron chi connectivity index (χ2n) is 3.17. The van der Waals surface area contributed by atoms with E-state index in [1.165, 1.54) is 11.3 Å². The lowest BCUT2D eigenvalue weighted by molar-refractivity contribution is 0.973. The Hall–Kier alpha value is -1.66. The first kappa shape index (κ1) is 9.56. The minimum atomic E-state index is 0.466. The highest BCUT2D eigenvalue weighted by Crippen LogP contribution is 2.24. The van der Waals surface area contributed by atoms with Crippen molar-refractivity contribution < 1.29 is 0 Å². The molecule has 0 bridgehead atoms. The van der Waals surface area contributed by atoms with Crippen molar-refractivity contribution in [3.63, 3.8) is 0 Å². The Labute approximate surface area is 99.5 Å². The first-order chi connectivity index (χ1) is 7.74. The zero-order chi connectivity index (χ0) is 11.1. The Kier molecular flexibility index (Phi) is 2.05. The standard InChI is InChI=1S/C9H6ClN5S/c10-6-3-1-2-5(4-6)7-12-13-9-15(7)14-8(11)16-9/h1-4H,(H2,11,14). The van der Waals surface area contributed by atoms with Crippen molar-refractivity contribution in [3.05, 3.63) is 29.3 Å². The predicted octanol–water partition coefficient (Wildman–Crippen LogP) is 2.09. The van der Waals surface area contributed by atoms with E-state index in [9.17, 15) is 0 Å². The van der Waals surface area contributed by atoms with Gasteiger partial charge in [-0.15, -0.1) is 15.3 Å². The van der Waals surface area contributed by atoms with Crippen LogP contribution in [0.4, 0.5) is 5.13 Å². The molecule has 0 aliphatic carbocycles. The molecule has 2 N–H and O–H groups in total. The number of anilines is 1. The minimum Gasteiger partial charge on any atom is -0.374 e. The first-order valence-electron chi connectivity index (χ1n) is 4.48. The van der Waals surface area contributed by atoms with Crippen molar-refractivity contribution in [3.8, 4) is 11.4 Å². The molecule has 0 amide bonds. The average Bonchev–Trinajstić information content (AvgIpc) is 2.76. The maximum absolute atomic E-state index is 5.92. The number of nitrogens with two attached hydrogens (primary N) is 1. The van der Waals surface area contributed by atoms with Crippen LogP contribution in [0.25, 0.3) is 16.3 Å². The van der Waals surface area contributed by atoms with Gasteiger partial charge in [0.15, 0.2) is 5.82 Å².